The highest BCUT2D eigenvalue weighted by Gasteiger charge is 2.16. The number of nitrogens with zero attached hydrogens (tertiary/aromatic N) is 3. The molecule has 176 valence electrons. The fourth-order valence-electron chi connectivity index (χ4n) is 3.33. The highest BCUT2D eigenvalue weighted by molar-refractivity contribution is 5.84. The molecule has 3 rings (SSSR count). The lowest BCUT2D eigenvalue weighted by Gasteiger charge is -2.19. The van der Waals surface area contributed by atoms with Gasteiger partial charge in [0.1, 0.15) is 6.29 Å². The van der Waals surface area contributed by atoms with E-state index in [2.05, 4.69) is 14.7 Å². The number of aromatic amines is 1. The Kier molecular flexibility index (Phi) is 10.6. The molecule has 32 heavy (non-hydrogen) atoms. The summed E-state index contributed by atoms with van der Waals surface area (Å²) in [6.45, 7) is 12.5. The zero-order chi connectivity index (χ0) is 24.4. The third kappa shape index (κ3) is 6.20. The van der Waals surface area contributed by atoms with Gasteiger partial charge in [-0.1, -0.05) is 13.8 Å². The maximum absolute atomic E-state index is 12.5. The van der Waals surface area contributed by atoms with Crippen LogP contribution in [0.3, 0.4) is 0 Å². The molecule has 0 aliphatic carbocycles. The molecule has 0 fully saturated rings. The number of hydrogen-bond acceptors (Lipinski definition) is 6. The van der Waals surface area contributed by atoms with E-state index < -0.39 is 0 Å². The van der Waals surface area contributed by atoms with Gasteiger partial charge in [-0.2, -0.15) is 0 Å². The van der Waals surface area contributed by atoms with Crippen LogP contribution in [0.25, 0.3) is 16.7 Å². The van der Waals surface area contributed by atoms with E-state index in [1.807, 2.05) is 76.2 Å². The van der Waals surface area contributed by atoms with E-state index in [4.69, 9.17) is 5.73 Å². The monoisotopic (exact) mass is 443 g/mol. The van der Waals surface area contributed by atoms with Crippen molar-refractivity contribution in [3.05, 3.63) is 51.3 Å². The van der Waals surface area contributed by atoms with Crippen molar-refractivity contribution in [2.45, 2.75) is 54.4 Å². The van der Waals surface area contributed by atoms with Crippen LogP contribution in [-0.2, 0) is 16.0 Å². The fraction of sp³-hybridized carbons (Fsp3) is 0.458. The summed E-state index contributed by atoms with van der Waals surface area (Å²) in [4.78, 5) is 32.5. The Morgan fingerprint density at radius 3 is 2.47 bits per heavy atom. The van der Waals surface area contributed by atoms with Gasteiger partial charge in [0.25, 0.3) is 5.56 Å². The lowest BCUT2D eigenvalue weighted by atomic mass is 10.1. The SMILES string of the molecule is C/C(N)=C/N(C)c1cc2c(cc1C)[nH]c(=O)c1nc(CCC=O)c(C)n12.CC.CCOC. The van der Waals surface area contributed by atoms with Crippen LogP contribution in [0.5, 0.6) is 0 Å². The number of allylic oxidation sites excluding steroid dienone is 1. The number of carbonyl (C=O) groups excluding carboxylic acids is 1. The summed E-state index contributed by atoms with van der Waals surface area (Å²) in [7, 11) is 3.61. The van der Waals surface area contributed by atoms with Gasteiger partial charge in [0.15, 0.2) is 0 Å². The number of rotatable bonds is 6. The van der Waals surface area contributed by atoms with Crippen LogP contribution in [0.4, 0.5) is 5.69 Å². The van der Waals surface area contributed by atoms with Crippen LogP contribution in [0.1, 0.15) is 51.1 Å². The van der Waals surface area contributed by atoms with Gasteiger partial charge >= 0.3 is 0 Å². The van der Waals surface area contributed by atoms with E-state index in [-0.39, 0.29) is 5.56 Å². The van der Waals surface area contributed by atoms with Gasteiger partial charge in [-0.25, -0.2) is 4.98 Å². The normalized spacial score (nSPS) is 10.9. The number of ether oxygens (including phenoxy) is 1. The van der Waals surface area contributed by atoms with Gasteiger partial charge in [-0.15, -0.1) is 0 Å². The van der Waals surface area contributed by atoms with E-state index in [1.54, 1.807) is 7.11 Å². The van der Waals surface area contributed by atoms with Gasteiger partial charge in [-0.05, 0) is 51.8 Å². The predicted molar refractivity (Wildman–Crippen MR) is 132 cm³/mol. The Morgan fingerprint density at radius 2 is 1.94 bits per heavy atom. The van der Waals surface area contributed by atoms with Crippen molar-refractivity contribution in [2.24, 2.45) is 5.73 Å². The van der Waals surface area contributed by atoms with Crippen molar-refractivity contribution in [3.63, 3.8) is 0 Å². The maximum Gasteiger partial charge on any atom is 0.292 e. The number of benzene rings is 1. The van der Waals surface area contributed by atoms with Gasteiger partial charge < -0.3 is 25.1 Å². The first kappa shape index (κ1) is 26.9. The number of H-pyrrole nitrogens is 1. The van der Waals surface area contributed by atoms with Gasteiger partial charge in [0.2, 0.25) is 5.65 Å². The third-order valence-corrected chi connectivity index (χ3v) is 4.78. The molecule has 0 saturated carbocycles. The van der Waals surface area contributed by atoms with E-state index in [9.17, 15) is 9.59 Å². The van der Waals surface area contributed by atoms with Crippen LogP contribution >= 0.6 is 0 Å². The summed E-state index contributed by atoms with van der Waals surface area (Å²) in [5.74, 6) is 0. The second kappa shape index (κ2) is 12.7. The van der Waals surface area contributed by atoms with Gasteiger partial charge in [0.05, 0.1) is 16.7 Å². The van der Waals surface area contributed by atoms with Crippen molar-refractivity contribution >= 4 is 28.7 Å². The summed E-state index contributed by atoms with van der Waals surface area (Å²) in [5, 5.41) is 0. The Balaban J connectivity index is 0.000000769. The van der Waals surface area contributed by atoms with Gasteiger partial charge in [0, 0.05) is 50.5 Å². The summed E-state index contributed by atoms with van der Waals surface area (Å²) in [6, 6.07) is 3.97. The van der Waals surface area contributed by atoms with Crippen LogP contribution < -0.4 is 16.2 Å². The van der Waals surface area contributed by atoms with Crippen LogP contribution in [-0.4, -0.2) is 41.4 Å². The summed E-state index contributed by atoms with van der Waals surface area (Å²) in [6.07, 6.45) is 3.62. The molecule has 0 spiro atoms. The Labute approximate surface area is 190 Å². The molecule has 3 N–H and O–H groups in total. The predicted octanol–water partition coefficient (Wildman–Crippen LogP) is 3.86. The number of hydrogen-bond donors (Lipinski definition) is 2. The number of nitrogens with one attached hydrogen (secondary N) is 1. The first-order valence-electron chi connectivity index (χ1n) is 10.9. The average molecular weight is 444 g/mol. The lowest BCUT2D eigenvalue weighted by Crippen LogP contribution is -2.15. The smallest absolute Gasteiger partial charge is 0.292 e. The summed E-state index contributed by atoms with van der Waals surface area (Å²) >= 11 is 0. The number of aldehydes is 1. The molecule has 0 radical (unpaired) electrons. The number of fused-ring (bicyclic) bond motifs is 3. The number of aryl methyl sites for hydroxylation is 3. The van der Waals surface area contributed by atoms with Crippen LogP contribution in [0.15, 0.2) is 28.8 Å². The second-order valence-electron chi connectivity index (χ2n) is 7.18. The molecule has 2 heterocycles. The molecule has 0 aliphatic heterocycles. The van der Waals surface area contributed by atoms with E-state index in [1.165, 1.54) is 0 Å². The van der Waals surface area contributed by atoms with Gasteiger partial charge in [-0.3, -0.25) is 9.20 Å². The average Bonchev–Trinajstić information content (AvgIpc) is 3.10. The molecule has 1 aromatic carbocycles. The first-order chi connectivity index (χ1) is 15.2. The molecule has 2 aromatic heterocycles. The third-order valence-electron chi connectivity index (χ3n) is 4.78. The topological polar surface area (TPSA) is 106 Å². The van der Waals surface area contributed by atoms with E-state index in [0.717, 1.165) is 46.6 Å². The minimum Gasteiger partial charge on any atom is -0.401 e. The number of methoxy groups -OCH3 is 1. The first-order valence-corrected chi connectivity index (χ1v) is 10.9. The number of imidazole rings is 1. The lowest BCUT2D eigenvalue weighted by molar-refractivity contribution is -0.107. The highest BCUT2D eigenvalue weighted by Crippen LogP contribution is 2.27. The number of nitrogens with two attached hydrogens (primary N) is 1. The standard InChI is InChI=1S/C19H23N5O2.C3H8O.C2H6/c1-11-8-15-17(9-16(11)23(4)10-12(2)20)24-13(3)14(6-5-7-25)21-18(24)19(26)22-15;1-3-4-2;1-2/h7-10H,5-6,20H2,1-4H3,(H,22,26);3H2,1-2H3;1-2H3/b12-10-;;. The van der Waals surface area contributed by atoms with Crippen molar-refractivity contribution in [1.29, 1.82) is 0 Å². The molecule has 8 heteroatoms. The second-order valence-corrected chi connectivity index (χ2v) is 7.18. The largest absolute Gasteiger partial charge is 0.401 e. The van der Waals surface area contributed by atoms with Crippen LogP contribution in [0, 0.1) is 13.8 Å². The summed E-state index contributed by atoms with van der Waals surface area (Å²) in [5.41, 5.74) is 11.9. The fourth-order valence-corrected chi connectivity index (χ4v) is 3.33. The van der Waals surface area contributed by atoms with Crippen molar-refractivity contribution < 1.29 is 9.53 Å². The molecule has 3 aromatic rings. The molecule has 0 amide bonds. The minimum absolute atomic E-state index is 0.240. The zero-order valence-electron chi connectivity index (χ0n) is 20.6. The quantitative estimate of drug-likeness (QED) is 0.561. The highest BCUT2D eigenvalue weighted by atomic mass is 16.5. The number of carbonyl (C=O) groups is 1. The molecule has 0 unspecified atom stereocenters. The van der Waals surface area contributed by atoms with Crippen molar-refractivity contribution in [1.82, 2.24) is 14.4 Å². The van der Waals surface area contributed by atoms with Crippen molar-refractivity contribution in [3.8, 4) is 0 Å². The van der Waals surface area contributed by atoms with Crippen molar-refractivity contribution in [2.75, 3.05) is 25.7 Å². The molecular weight excluding hydrogens is 406 g/mol. The molecule has 0 atom stereocenters. The van der Waals surface area contributed by atoms with E-state index in [0.29, 0.717) is 24.2 Å². The van der Waals surface area contributed by atoms with E-state index >= 15 is 0 Å². The Morgan fingerprint density at radius 1 is 1.31 bits per heavy atom. The minimum atomic E-state index is -0.240. The molecule has 0 aliphatic rings. The number of aromatic nitrogens is 3. The zero-order valence-corrected chi connectivity index (χ0v) is 20.6. The molecule has 0 bridgehead atoms. The molecule has 8 nitrogen and oxygen atoms in total. The summed E-state index contributed by atoms with van der Waals surface area (Å²) < 4.78 is 6.41. The molecule has 0 saturated heterocycles. The Bertz CT molecular complexity index is 1120. The Hall–Kier alpha value is -3.13. The number of anilines is 1. The van der Waals surface area contributed by atoms with Crippen LogP contribution in [0.2, 0.25) is 0 Å². The maximum atomic E-state index is 12.5. The molecular formula is C24H37N5O3.